The van der Waals surface area contributed by atoms with Crippen molar-refractivity contribution in [1.29, 1.82) is 0 Å². The van der Waals surface area contributed by atoms with Crippen LogP contribution >= 0.6 is 11.8 Å². The molecule has 0 saturated heterocycles. The van der Waals surface area contributed by atoms with Crippen LogP contribution in [-0.2, 0) is 23.4 Å². The number of nitrogens with one attached hydrogen (secondary N) is 1. The molecule has 1 amide bonds. The zero-order valence-corrected chi connectivity index (χ0v) is 15.1. The highest BCUT2D eigenvalue weighted by atomic mass is 32.2. The zero-order chi connectivity index (χ0) is 17.2. The largest absolute Gasteiger partial charge is 0.325 e. The molecule has 3 aromatic rings. The van der Waals surface area contributed by atoms with E-state index < -0.39 is 0 Å². The van der Waals surface area contributed by atoms with E-state index in [9.17, 15) is 4.79 Å². The summed E-state index contributed by atoms with van der Waals surface area (Å²) in [6.07, 6.45) is 2.21. The number of rotatable bonds is 5. The number of amides is 1. The highest BCUT2D eigenvalue weighted by Gasteiger charge is 2.18. The Morgan fingerprint density at radius 3 is 2.56 bits per heavy atom. The molecular weight excluding hydrogens is 326 g/mol. The zero-order valence-electron chi connectivity index (χ0n) is 14.3. The molecule has 25 heavy (non-hydrogen) atoms. The molecule has 0 saturated carbocycles. The summed E-state index contributed by atoms with van der Waals surface area (Å²) in [5, 5.41) is 5.55. The average molecular weight is 347 g/mol. The molecule has 0 heterocycles. The number of hydrogen-bond donors (Lipinski definition) is 1. The van der Waals surface area contributed by atoms with Gasteiger partial charge >= 0.3 is 0 Å². The molecule has 126 valence electrons. The molecule has 1 aliphatic rings. The molecule has 0 aliphatic heterocycles. The van der Waals surface area contributed by atoms with Gasteiger partial charge in [-0.15, -0.1) is 11.8 Å². The third-order valence-corrected chi connectivity index (χ3v) is 6.06. The van der Waals surface area contributed by atoms with Crippen molar-refractivity contribution < 1.29 is 4.79 Å². The van der Waals surface area contributed by atoms with Crippen LogP contribution in [0, 0.1) is 0 Å². The number of carbonyl (C=O) groups excluding carboxylic acids is 1. The van der Waals surface area contributed by atoms with E-state index in [1.807, 2.05) is 25.1 Å². The number of benzene rings is 3. The summed E-state index contributed by atoms with van der Waals surface area (Å²) in [7, 11) is 0. The third-order valence-electron chi connectivity index (χ3n) is 4.85. The quantitative estimate of drug-likeness (QED) is 0.687. The van der Waals surface area contributed by atoms with E-state index in [1.54, 1.807) is 11.8 Å². The smallest absolute Gasteiger partial charge is 0.237 e. The van der Waals surface area contributed by atoms with E-state index in [0.29, 0.717) is 0 Å². The number of thioether (sulfide) groups is 1. The first-order valence-electron chi connectivity index (χ1n) is 8.72. The van der Waals surface area contributed by atoms with Gasteiger partial charge in [-0.1, -0.05) is 54.6 Å². The van der Waals surface area contributed by atoms with Gasteiger partial charge in [-0.25, -0.2) is 0 Å². The third kappa shape index (κ3) is 3.29. The van der Waals surface area contributed by atoms with Gasteiger partial charge < -0.3 is 5.32 Å². The molecule has 1 atom stereocenters. The van der Waals surface area contributed by atoms with Crippen LogP contribution in [0.1, 0.15) is 23.6 Å². The monoisotopic (exact) mass is 347 g/mol. The van der Waals surface area contributed by atoms with Gasteiger partial charge in [0.05, 0.1) is 5.25 Å². The van der Waals surface area contributed by atoms with Gasteiger partial charge in [0.2, 0.25) is 5.91 Å². The SMILES string of the molecule is CC(SCc1ccccc1)C(=O)Nc1ccc2c3c(cccc13)CC2. The first kappa shape index (κ1) is 16.2. The highest BCUT2D eigenvalue weighted by molar-refractivity contribution is 7.99. The van der Waals surface area contributed by atoms with Gasteiger partial charge in [0.1, 0.15) is 0 Å². The summed E-state index contributed by atoms with van der Waals surface area (Å²) in [6, 6.07) is 20.9. The van der Waals surface area contributed by atoms with Crippen molar-refractivity contribution in [2.45, 2.75) is 30.8 Å². The molecule has 0 radical (unpaired) electrons. The highest BCUT2D eigenvalue weighted by Crippen LogP contribution is 2.35. The molecule has 1 aliphatic carbocycles. The van der Waals surface area contributed by atoms with Crippen LogP contribution < -0.4 is 5.32 Å². The van der Waals surface area contributed by atoms with Crippen LogP contribution in [0.25, 0.3) is 10.8 Å². The molecule has 2 nitrogen and oxygen atoms in total. The second kappa shape index (κ2) is 6.93. The Balaban J connectivity index is 1.49. The summed E-state index contributed by atoms with van der Waals surface area (Å²) >= 11 is 1.67. The molecule has 0 bridgehead atoms. The van der Waals surface area contributed by atoms with E-state index in [0.717, 1.165) is 24.3 Å². The second-order valence-electron chi connectivity index (χ2n) is 6.54. The van der Waals surface area contributed by atoms with Crippen molar-refractivity contribution in [3.63, 3.8) is 0 Å². The number of aryl methyl sites for hydroxylation is 2. The van der Waals surface area contributed by atoms with Gasteiger partial charge in [0.15, 0.2) is 0 Å². The maximum absolute atomic E-state index is 12.6. The Kier molecular flexibility index (Phi) is 4.50. The maximum Gasteiger partial charge on any atom is 0.237 e. The molecule has 0 aromatic heterocycles. The van der Waals surface area contributed by atoms with Gasteiger partial charge in [0.25, 0.3) is 0 Å². The fourth-order valence-corrected chi connectivity index (χ4v) is 4.31. The predicted molar refractivity (Wildman–Crippen MR) is 107 cm³/mol. The average Bonchev–Trinajstić information content (AvgIpc) is 3.07. The molecule has 3 aromatic carbocycles. The first-order valence-corrected chi connectivity index (χ1v) is 9.77. The molecular formula is C22H21NOS. The molecule has 1 unspecified atom stereocenters. The summed E-state index contributed by atoms with van der Waals surface area (Å²) < 4.78 is 0. The lowest BCUT2D eigenvalue weighted by molar-refractivity contribution is -0.115. The Bertz CT molecular complexity index is 910. The Morgan fingerprint density at radius 2 is 1.76 bits per heavy atom. The minimum atomic E-state index is -0.0942. The summed E-state index contributed by atoms with van der Waals surface area (Å²) in [6.45, 7) is 1.98. The van der Waals surface area contributed by atoms with E-state index in [-0.39, 0.29) is 11.2 Å². The van der Waals surface area contributed by atoms with Crippen LogP contribution in [0.3, 0.4) is 0 Å². The molecule has 0 fully saturated rings. The van der Waals surface area contributed by atoms with Gasteiger partial charge in [-0.2, -0.15) is 0 Å². The lowest BCUT2D eigenvalue weighted by Gasteiger charge is -2.14. The van der Waals surface area contributed by atoms with Crippen molar-refractivity contribution in [2.75, 3.05) is 5.32 Å². The number of carbonyl (C=O) groups is 1. The van der Waals surface area contributed by atoms with E-state index in [2.05, 4.69) is 47.8 Å². The van der Waals surface area contributed by atoms with E-state index >= 15 is 0 Å². The maximum atomic E-state index is 12.6. The van der Waals surface area contributed by atoms with Crippen LogP contribution in [0.5, 0.6) is 0 Å². The lowest BCUT2D eigenvalue weighted by Crippen LogP contribution is -2.22. The van der Waals surface area contributed by atoms with Crippen molar-refractivity contribution >= 4 is 34.1 Å². The standard InChI is InChI=1S/C22H21NOS/c1-15(25-14-16-6-3-2-4-7-16)22(24)23-20-13-12-18-11-10-17-8-5-9-19(20)21(17)18/h2-9,12-13,15H,10-11,14H2,1H3,(H,23,24). The fraction of sp³-hybridized carbons (Fsp3) is 0.227. The van der Waals surface area contributed by atoms with Crippen LogP contribution in [0.2, 0.25) is 0 Å². The van der Waals surface area contributed by atoms with Crippen LogP contribution in [0.15, 0.2) is 60.7 Å². The van der Waals surface area contributed by atoms with Gasteiger partial charge in [0, 0.05) is 16.8 Å². The topological polar surface area (TPSA) is 29.1 Å². The summed E-state index contributed by atoms with van der Waals surface area (Å²) in [5.41, 5.74) is 4.97. The van der Waals surface area contributed by atoms with Crippen LogP contribution in [-0.4, -0.2) is 11.2 Å². The van der Waals surface area contributed by atoms with Gasteiger partial charge in [-0.05, 0) is 47.9 Å². The minimum absolute atomic E-state index is 0.0691. The Morgan fingerprint density at radius 1 is 1.00 bits per heavy atom. The summed E-state index contributed by atoms with van der Waals surface area (Å²) in [4.78, 5) is 12.6. The van der Waals surface area contributed by atoms with Crippen molar-refractivity contribution in [3.05, 3.63) is 77.4 Å². The number of hydrogen-bond acceptors (Lipinski definition) is 2. The van der Waals surface area contributed by atoms with E-state index in [4.69, 9.17) is 0 Å². The Labute approximate surface area is 152 Å². The predicted octanol–water partition coefficient (Wildman–Crippen LogP) is 5.20. The Hall–Kier alpha value is -2.26. The van der Waals surface area contributed by atoms with Gasteiger partial charge in [-0.3, -0.25) is 4.79 Å². The second-order valence-corrected chi connectivity index (χ2v) is 7.87. The molecule has 1 N–H and O–H groups in total. The summed E-state index contributed by atoms with van der Waals surface area (Å²) in [5.74, 6) is 0.916. The normalized spacial score (nSPS) is 13.8. The van der Waals surface area contributed by atoms with Crippen molar-refractivity contribution in [2.24, 2.45) is 0 Å². The van der Waals surface area contributed by atoms with Crippen molar-refractivity contribution in [3.8, 4) is 0 Å². The number of anilines is 1. The van der Waals surface area contributed by atoms with E-state index in [1.165, 1.54) is 27.5 Å². The van der Waals surface area contributed by atoms with Crippen LogP contribution in [0.4, 0.5) is 5.69 Å². The molecule has 0 spiro atoms. The van der Waals surface area contributed by atoms with Crippen molar-refractivity contribution in [1.82, 2.24) is 0 Å². The first-order chi connectivity index (χ1) is 12.2. The molecule has 4 rings (SSSR count). The minimum Gasteiger partial charge on any atom is -0.325 e. The fourth-order valence-electron chi connectivity index (χ4n) is 3.46. The molecule has 3 heteroatoms. The lowest BCUT2D eigenvalue weighted by atomic mass is 10.0.